The van der Waals surface area contributed by atoms with Crippen LogP contribution in [-0.4, -0.2) is 70.8 Å². The van der Waals surface area contributed by atoms with E-state index in [-0.39, 0.29) is 17.4 Å². The normalized spacial score (nSPS) is 27.7. The van der Waals surface area contributed by atoms with Crippen molar-refractivity contribution in [2.75, 3.05) is 26.4 Å². The first-order valence-electron chi connectivity index (χ1n) is 6.98. The number of carboxylic acid groups (broad SMARTS) is 1. The van der Waals surface area contributed by atoms with Gasteiger partial charge in [-0.05, 0) is 39.8 Å². The van der Waals surface area contributed by atoms with Crippen LogP contribution in [-0.2, 0) is 4.79 Å². The SMILES string of the molecule is CC(CN(C)C)NC(=O)N1C(C(=O)O)CSC1C1CC1. The number of nitrogens with zero attached hydrogens (tertiary/aromatic N) is 2. The molecule has 2 amide bonds. The molecule has 1 aliphatic heterocycles. The summed E-state index contributed by atoms with van der Waals surface area (Å²) in [6.45, 7) is 2.67. The van der Waals surface area contributed by atoms with Crippen LogP contribution in [0, 0.1) is 5.92 Å². The van der Waals surface area contributed by atoms with Crippen LogP contribution in [0.25, 0.3) is 0 Å². The molecular formula is C13H23N3O3S. The van der Waals surface area contributed by atoms with E-state index in [1.807, 2.05) is 25.9 Å². The monoisotopic (exact) mass is 301 g/mol. The molecule has 0 bridgehead atoms. The fourth-order valence-corrected chi connectivity index (χ4v) is 4.23. The second kappa shape index (κ2) is 6.22. The maximum atomic E-state index is 12.4. The third kappa shape index (κ3) is 3.58. The zero-order chi connectivity index (χ0) is 14.9. The van der Waals surface area contributed by atoms with Gasteiger partial charge in [0.2, 0.25) is 0 Å². The lowest BCUT2D eigenvalue weighted by molar-refractivity contribution is -0.141. The van der Waals surface area contributed by atoms with Crippen molar-refractivity contribution < 1.29 is 14.7 Å². The average molecular weight is 301 g/mol. The highest BCUT2D eigenvalue weighted by Crippen LogP contribution is 2.45. The molecule has 2 N–H and O–H groups in total. The van der Waals surface area contributed by atoms with E-state index >= 15 is 0 Å². The molecule has 2 aliphatic rings. The molecule has 20 heavy (non-hydrogen) atoms. The number of rotatable bonds is 5. The van der Waals surface area contributed by atoms with E-state index in [9.17, 15) is 14.7 Å². The summed E-state index contributed by atoms with van der Waals surface area (Å²) in [6.07, 6.45) is 2.20. The zero-order valence-electron chi connectivity index (χ0n) is 12.2. The lowest BCUT2D eigenvalue weighted by atomic mass is 10.2. The number of urea groups is 1. The minimum absolute atomic E-state index is 0.00241. The summed E-state index contributed by atoms with van der Waals surface area (Å²) in [5, 5.41) is 12.2. The number of hydrogen-bond donors (Lipinski definition) is 2. The summed E-state index contributed by atoms with van der Waals surface area (Å²) in [7, 11) is 3.89. The standard InChI is InChI=1S/C13H23N3O3S/c1-8(6-15(2)3)14-13(19)16-10(12(17)18)7-20-11(16)9-4-5-9/h8-11H,4-7H2,1-3H3,(H,14,19)(H,17,18). The van der Waals surface area contributed by atoms with Crippen molar-refractivity contribution in [1.29, 1.82) is 0 Å². The second-order valence-corrected chi connectivity index (χ2v) is 7.09. The maximum absolute atomic E-state index is 12.4. The Morgan fingerprint density at radius 2 is 2.10 bits per heavy atom. The van der Waals surface area contributed by atoms with Gasteiger partial charge < -0.3 is 15.3 Å². The largest absolute Gasteiger partial charge is 0.480 e. The smallest absolute Gasteiger partial charge is 0.327 e. The van der Waals surface area contributed by atoms with Gasteiger partial charge >= 0.3 is 12.0 Å². The fourth-order valence-electron chi connectivity index (χ4n) is 2.60. The molecule has 2 fully saturated rings. The number of likely N-dealkylation sites (N-methyl/N-ethyl adjacent to an activating group) is 1. The summed E-state index contributed by atoms with van der Waals surface area (Å²) in [5.41, 5.74) is 0. The van der Waals surface area contributed by atoms with Gasteiger partial charge in [0.15, 0.2) is 0 Å². The lowest BCUT2D eigenvalue weighted by Crippen LogP contribution is -2.53. The topological polar surface area (TPSA) is 72.9 Å². The van der Waals surface area contributed by atoms with E-state index < -0.39 is 12.0 Å². The van der Waals surface area contributed by atoms with Crippen molar-refractivity contribution in [2.24, 2.45) is 5.92 Å². The van der Waals surface area contributed by atoms with Crippen LogP contribution in [0.15, 0.2) is 0 Å². The van der Waals surface area contributed by atoms with Gasteiger partial charge in [-0.3, -0.25) is 4.90 Å². The molecule has 3 unspecified atom stereocenters. The van der Waals surface area contributed by atoms with E-state index in [2.05, 4.69) is 5.32 Å². The number of hydrogen-bond acceptors (Lipinski definition) is 4. The summed E-state index contributed by atoms with van der Waals surface area (Å²) in [6, 6.07) is -0.941. The number of carbonyl (C=O) groups excluding carboxylic acids is 1. The molecule has 3 atom stereocenters. The molecule has 0 aromatic rings. The Morgan fingerprint density at radius 1 is 1.45 bits per heavy atom. The molecule has 0 spiro atoms. The van der Waals surface area contributed by atoms with Gasteiger partial charge in [-0.2, -0.15) is 0 Å². The van der Waals surface area contributed by atoms with Crippen molar-refractivity contribution in [3.05, 3.63) is 0 Å². The van der Waals surface area contributed by atoms with Gasteiger partial charge in [0.05, 0.1) is 5.37 Å². The summed E-state index contributed by atoms with van der Waals surface area (Å²) in [4.78, 5) is 27.3. The Hall–Kier alpha value is -0.950. The van der Waals surface area contributed by atoms with Crippen LogP contribution in [0.5, 0.6) is 0 Å². The Kier molecular flexibility index (Phi) is 4.80. The van der Waals surface area contributed by atoms with E-state index in [4.69, 9.17) is 0 Å². The molecule has 0 aromatic heterocycles. The number of carboxylic acids is 1. The molecule has 114 valence electrons. The Morgan fingerprint density at radius 3 is 2.60 bits per heavy atom. The molecule has 1 aliphatic carbocycles. The highest BCUT2D eigenvalue weighted by Gasteiger charge is 2.48. The van der Waals surface area contributed by atoms with Crippen molar-refractivity contribution in [2.45, 2.75) is 37.2 Å². The van der Waals surface area contributed by atoms with Crippen molar-refractivity contribution in [1.82, 2.24) is 15.1 Å². The number of thioether (sulfide) groups is 1. The number of amides is 2. The predicted octanol–water partition coefficient (Wildman–Crippen LogP) is 0.884. The Balaban J connectivity index is 2.01. The third-order valence-corrected chi connectivity index (χ3v) is 5.05. The maximum Gasteiger partial charge on any atom is 0.327 e. The van der Waals surface area contributed by atoms with Crippen LogP contribution in [0.4, 0.5) is 4.79 Å². The average Bonchev–Trinajstić information content (AvgIpc) is 3.05. The molecule has 2 rings (SSSR count). The lowest BCUT2D eigenvalue weighted by Gasteiger charge is -2.29. The minimum Gasteiger partial charge on any atom is -0.480 e. The van der Waals surface area contributed by atoms with Gasteiger partial charge in [-0.15, -0.1) is 11.8 Å². The van der Waals surface area contributed by atoms with Crippen LogP contribution in [0.1, 0.15) is 19.8 Å². The van der Waals surface area contributed by atoms with Crippen LogP contribution < -0.4 is 5.32 Å². The Bertz CT molecular complexity index is 387. The first-order chi connectivity index (χ1) is 9.40. The Labute approximate surface area is 123 Å². The third-order valence-electron chi connectivity index (χ3n) is 3.59. The van der Waals surface area contributed by atoms with Gasteiger partial charge in [0.1, 0.15) is 6.04 Å². The molecule has 1 heterocycles. The molecule has 7 heteroatoms. The van der Waals surface area contributed by atoms with Gasteiger partial charge in [0, 0.05) is 18.3 Å². The summed E-state index contributed by atoms with van der Waals surface area (Å²) >= 11 is 1.60. The van der Waals surface area contributed by atoms with Gasteiger partial charge in [-0.1, -0.05) is 0 Å². The molecule has 1 saturated heterocycles. The molecule has 1 saturated carbocycles. The second-order valence-electron chi connectivity index (χ2n) is 5.94. The first kappa shape index (κ1) is 15.4. The van der Waals surface area contributed by atoms with Crippen LogP contribution in [0.3, 0.4) is 0 Å². The number of aliphatic carboxylic acids is 1. The number of nitrogens with one attached hydrogen (secondary N) is 1. The molecule has 6 nitrogen and oxygen atoms in total. The highest BCUT2D eigenvalue weighted by atomic mass is 32.2. The highest BCUT2D eigenvalue weighted by molar-refractivity contribution is 8.00. The predicted molar refractivity (Wildman–Crippen MR) is 78.8 cm³/mol. The first-order valence-corrected chi connectivity index (χ1v) is 8.03. The summed E-state index contributed by atoms with van der Waals surface area (Å²) < 4.78 is 0. The van der Waals surface area contributed by atoms with Crippen molar-refractivity contribution in [3.63, 3.8) is 0 Å². The van der Waals surface area contributed by atoms with Crippen molar-refractivity contribution >= 4 is 23.8 Å². The molecule has 0 aromatic carbocycles. The summed E-state index contributed by atoms with van der Waals surface area (Å²) in [5.74, 6) is 0.0572. The van der Waals surface area contributed by atoms with E-state index in [0.29, 0.717) is 11.7 Å². The van der Waals surface area contributed by atoms with Gasteiger partial charge in [0.25, 0.3) is 0 Å². The van der Waals surface area contributed by atoms with Crippen LogP contribution in [0.2, 0.25) is 0 Å². The number of carbonyl (C=O) groups is 2. The molecular weight excluding hydrogens is 278 g/mol. The van der Waals surface area contributed by atoms with E-state index in [0.717, 1.165) is 19.4 Å². The zero-order valence-corrected chi connectivity index (χ0v) is 13.0. The van der Waals surface area contributed by atoms with E-state index in [1.54, 1.807) is 16.7 Å². The van der Waals surface area contributed by atoms with Crippen LogP contribution >= 0.6 is 11.8 Å². The van der Waals surface area contributed by atoms with Gasteiger partial charge in [-0.25, -0.2) is 9.59 Å². The van der Waals surface area contributed by atoms with Crippen molar-refractivity contribution in [3.8, 4) is 0 Å². The van der Waals surface area contributed by atoms with E-state index in [1.165, 1.54) is 0 Å². The fraction of sp³-hybridized carbons (Fsp3) is 0.846. The minimum atomic E-state index is -0.906. The molecule has 0 radical (unpaired) electrons. The quantitative estimate of drug-likeness (QED) is 0.789.